The first-order valence-electron chi connectivity index (χ1n) is 11.3. The molecule has 0 fully saturated rings. The minimum absolute atomic E-state index is 0.0365. The van der Waals surface area contributed by atoms with Crippen LogP contribution in [0.2, 0.25) is 0 Å². The van der Waals surface area contributed by atoms with Gasteiger partial charge in [0.25, 0.3) is 5.91 Å². The number of methoxy groups -OCH3 is 1. The van der Waals surface area contributed by atoms with Crippen molar-refractivity contribution in [3.8, 4) is 11.8 Å². The van der Waals surface area contributed by atoms with Crippen molar-refractivity contribution in [2.45, 2.75) is 6.54 Å². The molecular formula is C30H23N3O2. The number of aromatic nitrogens is 1. The summed E-state index contributed by atoms with van der Waals surface area (Å²) in [6.45, 7) is 0.680. The van der Waals surface area contributed by atoms with Crippen LogP contribution in [0.4, 0.5) is 5.69 Å². The van der Waals surface area contributed by atoms with E-state index in [0.717, 1.165) is 16.5 Å². The Bertz CT molecular complexity index is 1600. The zero-order valence-electron chi connectivity index (χ0n) is 19.2. The Morgan fingerprint density at radius 1 is 0.971 bits per heavy atom. The number of ether oxygens (including phenoxy) is 1. The van der Waals surface area contributed by atoms with E-state index in [1.165, 1.54) is 16.3 Å². The van der Waals surface area contributed by atoms with Crippen molar-refractivity contribution in [3.05, 3.63) is 114 Å². The molecule has 0 bridgehead atoms. The number of para-hydroxylation sites is 1. The molecule has 0 atom stereocenters. The zero-order chi connectivity index (χ0) is 24.2. The van der Waals surface area contributed by atoms with Crippen LogP contribution >= 0.6 is 0 Å². The maximum atomic E-state index is 12.8. The van der Waals surface area contributed by atoms with Crippen LogP contribution in [0.15, 0.2) is 103 Å². The third kappa shape index (κ3) is 4.64. The summed E-state index contributed by atoms with van der Waals surface area (Å²) < 4.78 is 7.30. The molecule has 1 aromatic heterocycles. The first kappa shape index (κ1) is 22.0. The molecule has 1 amide bonds. The molecule has 0 saturated carbocycles. The van der Waals surface area contributed by atoms with E-state index < -0.39 is 5.91 Å². The topological polar surface area (TPSA) is 67.0 Å². The van der Waals surface area contributed by atoms with Gasteiger partial charge in [-0.25, -0.2) is 0 Å². The van der Waals surface area contributed by atoms with Gasteiger partial charge in [0, 0.05) is 34.9 Å². The van der Waals surface area contributed by atoms with Gasteiger partial charge < -0.3 is 14.6 Å². The van der Waals surface area contributed by atoms with Gasteiger partial charge in [0.1, 0.15) is 17.4 Å². The number of nitriles is 1. The third-order valence-corrected chi connectivity index (χ3v) is 6.00. The summed E-state index contributed by atoms with van der Waals surface area (Å²) in [5.74, 6) is 0.238. The first-order valence-corrected chi connectivity index (χ1v) is 11.3. The Labute approximate surface area is 203 Å². The maximum absolute atomic E-state index is 12.8. The van der Waals surface area contributed by atoms with Gasteiger partial charge in [-0.15, -0.1) is 0 Å². The Hall–Kier alpha value is -4.82. The molecule has 1 N–H and O–H groups in total. The highest BCUT2D eigenvalue weighted by molar-refractivity contribution is 6.10. The van der Waals surface area contributed by atoms with Crippen molar-refractivity contribution in [1.29, 1.82) is 5.26 Å². The molecule has 0 spiro atoms. The van der Waals surface area contributed by atoms with Crippen molar-refractivity contribution in [1.82, 2.24) is 4.57 Å². The molecule has 4 aromatic carbocycles. The predicted molar refractivity (Wildman–Crippen MR) is 140 cm³/mol. The van der Waals surface area contributed by atoms with Gasteiger partial charge in [-0.3, -0.25) is 4.79 Å². The first-order chi connectivity index (χ1) is 17.1. The van der Waals surface area contributed by atoms with Gasteiger partial charge in [-0.2, -0.15) is 5.26 Å². The van der Waals surface area contributed by atoms with E-state index in [1.807, 2.05) is 36.5 Å². The number of rotatable bonds is 6. The molecule has 5 nitrogen and oxygen atoms in total. The van der Waals surface area contributed by atoms with Crippen molar-refractivity contribution in [2.24, 2.45) is 0 Å². The largest absolute Gasteiger partial charge is 0.497 e. The molecule has 5 heteroatoms. The summed E-state index contributed by atoms with van der Waals surface area (Å²) in [6, 6.07) is 31.8. The molecule has 0 aliphatic carbocycles. The van der Waals surface area contributed by atoms with Gasteiger partial charge >= 0.3 is 0 Å². The van der Waals surface area contributed by atoms with Crippen LogP contribution in [-0.2, 0) is 11.3 Å². The molecular weight excluding hydrogens is 434 g/mol. The smallest absolute Gasteiger partial charge is 0.266 e. The number of amides is 1. The average Bonchev–Trinajstić information content (AvgIpc) is 3.24. The monoisotopic (exact) mass is 457 g/mol. The minimum Gasteiger partial charge on any atom is -0.497 e. The van der Waals surface area contributed by atoms with Crippen LogP contribution in [0.1, 0.15) is 11.1 Å². The maximum Gasteiger partial charge on any atom is 0.266 e. The summed E-state index contributed by atoms with van der Waals surface area (Å²) in [4.78, 5) is 12.8. The van der Waals surface area contributed by atoms with Crippen LogP contribution in [-0.4, -0.2) is 17.6 Å². The average molecular weight is 458 g/mol. The zero-order valence-corrected chi connectivity index (χ0v) is 19.2. The van der Waals surface area contributed by atoms with E-state index in [1.54, 1.807) is 37.5 Å². The number of carbonyl (C=O) groups excluding carboxylic acids is 1. The Kier molecular flexibility index (Phi) is 6.02. The van der Waals surface area contributed by atoms with Crippen molar-refractivity contribution in [2.75, 3.05) is 12.4 Å². The SMILES string of the molecule is COc1ccc(NC(=O)/C(C#N)=C\c2cn(Cc3ccc4ccccc4c3)c3ccccc23)cc1. The number of nitrogens with one attached hydrogen (secondary N) is 1. The summed E-state index contributed by atoms with van der Waals surface area (Å²) in [5.41, 5.74) is 3.67. The molecule has 5 aromatic rings. The van der Waals surface area contributed by atoms with E-state index >= 15 is 0 Å². The summed E-state index contributed by atoms with van der Waals surface area (Å²) in [7, 11) is 1.58. The highest BCUT2D eigenvalue weighted by Gasteiger charge is 2.13. The van der Waals surface area contributed by atoms with Crippen LogP contribution in [0.25, 0.3) is 27.8 Å². The summed E-state index contributed by atoms with van der Waals surface area (Å²) >= 11 is 0. The lowest BCUT2D eigenvalue weighted by Gasteiger charge is -2.07. The lowest BCUT2D eigenvalue weighted by atomic mass is 10.1. The van der Waals surface area contributed by atoms with E-state index in [9.17, 15) is 10.1 Å². The number of benzene rings is 4. The molecule has 35 heavy (non-hydrogen) atoms. The number of hydrogen-bond acceptors (Lipinski definition) is 3. The number of anilines is 1. The summed E-state index contributed by atoms with van der Waals surface area (Å²) in [5, 5.41) is 15.9. The Morgan fingerprint density at radius 3 is 2.49 bits per heavy atom. The minimum atomic E-state index is -0.455. The molecule has 0 radical (unpaired) electrons. The molecule has 0 aliphatic rings. The Balaban J connectivity index is 1.46. The molecule has 0 saturated heterocycles. The molecule has 170 valence electrons. The third-order valence-electron chi connectivity index (χ3n) is 6.00. The molecule has 0 aliphatic heterocycles. The molecule has 0 unspecified atom stereocenters. The van der Waals surface area contributed by atoms with E-state index in [-0.39, 0.29) is 5.57 Å². The highest BCUT2D eigenvalue weighted by atomic mass is 16.5. The van der Waals surface area contributed by atoms with Crippen LogP contribution in [0.5, 0.6) is 5.75 Å². The van der Waals surface area contributed by atoms with Gasteiger partial charge in [0.05, 0.1) is 7.11 Å². The van der Waals surface area contributed by atoms with Gasteiger partial charge in [-0.05, 0) is 58.8 Å². The van der Waals surface area contributed by atoms with Crippen molar-refractivity contribution < 1.29 is 9.53 Å². The summed E-state index contributed by atoms with van der Waals surface area (Å²) in [6.07, 6.45) is 3.65. The van der Waals surface area contributed by atoms with Crippen LogP contribution in [0.3, 0.4) is 0 Å². The fourth-order valence-electron chi connectivity index (χ4n) is 4.23. The quantitative estimate of drug-likeness (QED) is 0.237. The van der Waals surface area contributed by atoms with Crippen LogP contribution in [0, 0.1) is 11.3 Å². The second kappa shape index (κ2) is 9.58. The molecule has 5 rings (SSSR count). The number of nitrogens with zero attached hydrogens (tertiary/aromatic N) is 2. The van der Waals surface area contributed by atoms with Gasteiger partial charge in [-0.1, -0.05) is 54.6 Å². The number of hydrogen-bond donors (Lipinski definition) is 1. The second-order valence-electron chi connectivity index (χ2n) is 8.26. The van der Waals surface area contributed by atoms with E-state index in [2.05, 4.69) is 52.4 Å². The number of carbonyl (C=O) groups is 1. The lowest BCUT2D eigenvalue weighted by molar-refractivity contribution is -0.112. The Morgan fingerprint density at radius 2 is 1.71 bits per heavy atom. The highest BCUT2D eigenvalue weighted by Crippen LogP contribution is 2.26. The van der Waals surface area contributed by atoms with Gasteiger partial charge in [0.2, 0.25) is 0 Å². The van der Waals surface area contributed by atoms with E-state index in [4.69, 9.17) is 4.74 Å². The van der Waals surface area contributed by atoms with E-state index in [0.29, 0.717) is 18.0 Å². The van der Waals surface area contributed by atoms with Crippen molar-refractivity contribution in [3.63, 3.8) is 0 Å². The van der Waals surface area contributed by atoms with Crippen molar-refractivity contribution >= 4 is 39.3 Å². The van der Waals surface area contributed by atoms with Crippen LogP contribution < -0.4 is 10.1 Å². The fraction of sp³-hybridized carbons (Fsp3) is 0.0667. The molecule has 1 heterocycles. The lowest BCUT2D eigenvalue weighted by Crippen LogP contribution is -2.13. The fourth-order valence-corrected chi connectivity index (χ4v) is 4.23. The normalized spacial score (nSPS) is 11.4. The standard InChI is InChI=1S/C30H23N3O2/c1-35-27-14-12-26(13-15-27)32-30(34)24(18-31)17-25-20-33(29-9-5-4-8-28(25)29)19-21-10-11-22-6-2-3-7-23(22)16-21/h2-17,20H,19H2,1H3,(H,32,34)/b24-17-. The van der Waals surface area contributed by atoms with Gasteiger partial charge in [0.15, 0.2) is 0 Å². The second-order valence-corrected chi connectivity index (χ2v) is 8.26. The number of fused-ring (bicyclic) bond motifs is 2. The predicted octanol–water partition coefficient (Wildman–Crippen LogP) is 6.40.